The summed E-state index contributed by atoms with van der Waals surface area (Å²) in [6, 6.07) is 11.8. The number of rotatable bonds is 12. The van der Waals surface area contributed by atoms with Crippen LogP contribution in [0, 0.1) is 0 Å². The van der Waals surface area contributed by atoms with Crippen molar-refractivity contribution >= 4 is 27.5 Å². The van der Waals surface area contributed by atoms with Gasteiger partial charge in [0.2, 0.25) is 0 Å². The van der Waals surface area contributed by atoms with Crippen LogP contribution in [-0.4, -0.2) is 37.7 Å². The maximum absolute atomic E-state index is 6.05. The third kappa shape index (κ3) is 7.28. The van der Waals surface area contributed by atoms with Crippen LogP contribution in [0.3, 0.4) is 0 Å². The van der Waals surface area contributed by atoms with Crippen molar-refractivity contribution in [1.29, 1.82) is 0 Å². The van der Waals surface area contributed by atoms with Crippen LogP contribution in [0.2, 0.25) is 5.02 Å². The molecule has 0 saturated heterocycles. The van der Waals surface area contributed by atoms with Gasteiger partial charge in [-0.3, -0.25) is 0 Å². The van der Waals surface area contributed by atoms with Crippen LogP contribution in [0.5, 0.6) is 11.5 Å². The first kappa shape index (κ1) is 23.0. The van der Waals surface area contributed by atoms with Crippen molar-refractivity contribution in [2.45, 2.75) is 33.9 Å². The predicted molar refractivity (Wildman–Crippen MR) is 121 cm³/mol. The monoisotopic (exact) mass is 468 g/mol. The molecule has 6 heteroatoms. The summed E-state index contributed by atoms with van der Waals surface area (Å²) in [6.45, 7) is 12.4. The molecule has 0 amide bonds. The normalized spacial score (nSPS) is 11.1. The molecule has 0 aliphatic heterocycles. The van der Waals surface area contributed by atoms with E-state index in [1.807, 2.05) is 31.2 Å². The largest absolute Gasteiger partial charge is 0.490 e. The first-order chi connectivity index (χ1) is 13.6. The third-order valence-corrected chi connectivity index (χ3v) is 5.33. The highest BCUT2D eigenvalue weighted by atomic mass is 79.9. The average molecular weight is 470 g/mol. The Morgan fingerprint density at radius 2 is 1.71 bits per heavy atom. The smallest absolute Gasteiger partial charge is 0.175 e. The molecule has 0 radical (unpaired) electrons. The zero-order chi connectivity index (χ0) is 20.4. The number of nitrogens with one attached hydrogen (secondary N) is 1. The van der Waals surface area contributed by atoms with Crippen LogP contribution in [0.1, 0.15) is 31.9 Å². The van der Waals surface area contributed by atoms with E-state index in [1.165, 1.54) is 0 Å². The summed E-state index contributed by atoms with van der Waals surface area (Å²) in [5.74, 6) is 1.48. The van der Waals surface area contributed by atoms with E-state index in [2.05, 4.69) is 52.1 Å². The maximum Gasteiger partial charge on any atom is 0.175 e. The van der Waals surface area contributed by atoms with Gasteiger partial charge in [-0.25, -0.2) is 0 Å². The number of benzene rings is 2. The summed E-state index contributed by atoms with van der Waals surface area (Å²) in [4.78, 5) is 2.41. The van der Waals surface area contributed by atoms with E-state index >= 15 is 0 Å². The third-order valence-electron chi connectivity index (χ3n) is 4.49. The lowest BCUT2D eigenvalue weighted by Crippen LogP contribution is -2.31. The standard InChI is InChI=1S/C22H30BrClN2O2/c1-4-26(5-2)12-11-25-15-18-13-20(23)22(21(14-18)27-6-3)28-16-17-7-9-19(24)10-8-17/h7-10,13-14,25H,4-6,11-12,15-16H2,1-3H3. The van der Waals surface area contributed by atoms with Crippen molar-refractivity contribution in [3.8, 4) is 11.5 Å². The van der Waals surface area contributed by atoms with Gasteiger partial charge in [0.25, 0.3) is 0 Å². The Morgan fingerprint density at radius 3 is 2.36 bits per heavy atom. The van der Waals surface area contributed by atoms with Crippen molar-refractivity contribution < 1.29 is 9.47 Å². The molecule has 154 valence electrons. The van der Waals surface area contributed by atoms with Crippen LogP contribution >= 0.6 is 27.5 Å². The van der Waals surface area contributed by atoms with Gasteiger partial charge in [-0.1, -0.05) is 37.6 Å². The molecule has 0 aliphatic carbocycles. The molecule has 0 aliphatic rings. The fourth-order valence-electron chi connectivity index (χ4n) is 2.87. The van der Waals surface area contributed by atoms with E-state index < -0.39 is 0 Å². The second-order valence-electron chi connectivity index (χ2n) is 6.46. The Bertz CT molecular complexity index is 721. The molecule has 2 aromatic rings. The van der Waals surface area contributed by atoms with Crippen molar-refractivity contribution in [2.75, 3.05) is 32.8 Å². The van der Waals surface area contributed by atoms with Crippen LogP contribution < -0.4 is 14.8 Å². The molecule has 0 spiro atoms. The van der Waals surface area contributed by atoms with E-state index in [1.54, 1.807) is 0 Å². The first-order valence-corrected chi connectivity index (χ1v) is 11.0. The molecule has 2 rings (SSSR count). The second kappa shape index (κ2) is 12.3. The SMILES string of the molecule is CCOc1cc(CNCCN(CC)CC)cc(Br)c1OCc1ccc(Cl)cc1. The molecule has 0 atom stereocenters. The van der Waals surface area contributed by atoms with Crippen LogP contribution in [-0.2, 0) is 13.2 Å². The Balaban J connectivity index is 2.00. The van der Waals surface area contributed by atoms with E-state index in [0.717, 1.165) is 64.8 Å². The lowest BCUT2D eigenvalue weighted by molar-refractivity contribution is 0.267. The van der Waals surface area contributed by atoms with Gasteiger partial charge < -0.3 is 19.7 Å². The van der Waals surface area contributed by atoms with Crippen molar-refractivity contribution in [3.05, 3.63) is 57.0 Å². The highest BCUT2D eigenvalue weighted by Crippen LogP contribution is 2.37. The minimum atomic E-state index is 0.456. The Hall–Kier alpha value is -1.27. The minimum Gasteiger partial charge on any atom is -0.490 e. The number of likely N-dealkylation sites (N-methyl/N-ethyl adjacent to an activating group) is 1. The second-order valence-corrected chi connectivity index (χ2v) is 7.75. The molecule has 0 bridgehead atoms. The molecule has 0 unspecified atom stereocenters. The van der Waals surface area contributed by atoms with Crippen LogP contribution in [0.4, 0.5) is 0 Å². The Morgan fingerprint density at radius 1 is 1.00 bits per heavy atom. The van der Waals surface area contributed by atoms with Gasteiger partial charge in [0.1, 0.15) is 6.61 Å². The molecule has 0 fully saturated rings. The summed E-state index contributed by atoms with van der Waals surface area (Å²) in [5.41, 5.74) is 2.22. The van der Waals surface area contributed by atoms with Gasteiger partial charge in [-0.15, -0.1) is 0 Å². The van der Waals surface area contributed by atoms with Gasteiger partial charge in [0, 0.05) is 24.7 Å². The van der Waals surface area contributed by atoms with E-state index in [0.29, 0.717) is 13.2 Å². The molecular formula is C22H30BrClN2O2. The zero-order valence-corrected chi connectivity index (χ0v) is 19.3. The van der Waals surface area contributed by atoms with E-state index in [9.17, 15) is 0 Å². The van der Waals surface area contributed by atoms with Crippen LogP contribution in [0.15, 0.2) is 40.9 Å². The van der Waals surface area contributed by atoms with Crippen molar-refractivity contribution in [1.82, 2.24) is 10.2 Å². The molecule has 0 saturated carbocycles. The highest BCUT2D eigenvalue weighted by Gasteiger charge is 2.13. The zero-order valence-electron chi connectivity index (χ0n) is 16.9. The molecule has 2 aromatic carbocycles. The summed E-state index contributed by atoms with van der Waals surface area (Å²) in [5, 5.41) is 4.23. The Labute approximate surface area is 182 Å². The summed E-state index contributed by atoms with van der Waals surface area (Å²) in [7, 11) is 0. The van der Waals surface area contributed by atoms with E-state index in [4.69, 9.17) is 21.1 Å². The fourth-order valence-corrected chi connectivity index (χ4v) is 3.60. The topological polar surface area (TPSA) is 33.7 Å². The minimum absolute atomic E-state index is 0.456. The van der Waals surface area contributed by atoms with Gasteiger partial charge in [0.15, 0.2) is 11.5 Å². The number of hydrogen-bond donors (Lipinski definition) is 1. The number of nitrogens with zero attached hydrogens (tertiary/aromatic N) is 1. The quantitative estimate of drug-likeness (QED) is 0.415. The lowest BCUT2D eigenvalue weighted by Gasteiger charge is -2.19. The molecule has 0 aromatic heterocycles. The lowest BCUT2D eigenvalue weighted by atomic mass is 10.2. The van der Waals surface area contributed by atoms with Gasteiger partial charge in [-0.2, -0.15) is 0 Å². The average Bonchev–Trinajstić information content (AvgIpc) is 2.69. The van der Waals surface area contributed by atoms with Gasteiger partial charge in [-0.05, 0) is 71.3 Å². The van der Waals surface area contributed by atoms with Gasteiger partial charge in [0.05, 0.1) is 11.1 Å². The fraction of sp³-hybridized carbons (Fsp3) is 0.455. The maximum atomic E-state index is 6.05. The summed E-state index contributed by atoms with van der Waals surface area (Å²) >= 11 is 9.59. The van der Waals surface area contributed by atoms with Crippen molar-refractivity contribution in [3.63, 3.8) is 0 Å². The molecule has 0 heterocycles. The van der Waals surface area contributed by atoms with Crippen LogP contribution in [0.25, 0.3) is 0 Å². The molecule has 28 heavy (non-hydrogen) atoms. The Kier molecular flexibility index (Phi) is 10.1. The summed E-state index contributed by atoms with van der Waals surface area (Å²) < 4.78 is 12.8. The van der Waals surface area contributed by atoms with Gasteiger partial charge >= 0.3 is 0 Å². The number of hydrogen-bond acceptors (Lipinski definition) is 4. The summed E-state index contributed by atoms with van der Waals surface area (Å²) in [6.07, 6.45) is 0. The first-order valence-electron chi connectivity index (χ1n) is 9.82. The molecule has 4 nitrogen and oxygen atoms in total. The number of halogens is 2. The number of ether oxygens (including phenoxy) is 2. The molecular weight excluding hydrogens is 440 g/mol. The highest BCUT2D eigenvalue weighted by molar-refractivity contribution is 9.10. The van der Waals surface area contributed by atoms with Crippen molar-refractivity contribution in [2.24, 2.45) is 0 Å². The van der Waals surface area contributed by atoms with E-state index in [-0.39, 0.29) is 0 Å². The predicted octanol–water partition coefficient (Wildman–Crippen LogP) is 5.51. The molecule has 1 N–H and O–H groups in total.